The lowest BCUT2D eigenvalue weighted by Crippen LogP contribution is -2.50. The van der Waals surface area contributed by atoms with E-state index in [4.69, 9.17) is 27.5 Å². The Kier molecular flexibility index (Phi) is 23.4. The van der Waals surface area contributed by atoms with Crippen molar-refractivity contribution in [1.29, 1.82) is 0 Å². The maximum atomic E-state index is 14.0. The molecule has 0 saturated carbocycles. The van der Waals surface area contributed by atoms with Crippen LogP contribution in [-0.4, -0.2) is 121 Å². The zero-order valence-electron chi connectivity index (χ0n) is 43.9. The van der Waals surface area contributed by atoms with E-state index in [1.54, 1.807) is 17.9 Å². The fourth-order valence-corrected chi connectivity index (χ4v) is 19.3. The number of ether oxygens (including phenoxy) is 3. The van der Waals surface area contributed by atoms with E-state index < -0.39 is 60.6 Å². The highest BCUT2D eigenvalue weighted by Crippen LogP contribution is 2.43. The first kappa shape index (κ1) is 57.7. The lowest BCUT2D eigenvalue weighted by Gasteiger charge is -2.39. The molecule has 65 heavy (non-hydrogen) atoms. The van der Waals surface area contributed by atoms with E-state index in [2.05, 4.69) is 107 Å². The first-order chi connectivity index (χ1) is 30.8. The Morgan fingerprint density at radius 1 is 0.938 bits per heavy atom. The van der Waals surface area contributed by atoms with Crippen LogP contribution in [0.3, 0.4) is 0 Å². The third-order valence-corrected chi connectivity index (χ3v) is 30.1. The number of nitrogens with one attached hydrogen (secondary N) is 1. The topological polar surface area (TPSA) is 128 Å². The molecule has 2 fully saturated rings. The molecule has 3 aliphatic heterocycles. The number of epoxide rings is 1. The molecule has 3 heterocycles. The van der Waals surface area contributed by atoms with Crippen LogP contribution in [0.4, 0.5) is 4.79 Å². The van der Waals surface area contributed by atoms with Crippen molar-refractivity contribution in [3.8, 4) is 0 Å². The standard InChI is InChI=1S/C51H96N2O9Si3/c1-16-43(61-64(20-5,21-6)22-7)41(13)48-44(57-48)38-50(14,62-65(23-8,24-9)25-10)31-26-27-39(11)47-40(12)28-29-45(58-49(55)53-35-33-52-34-36-53)51(15,56)32-30-42(37-46(54)59-47)60-63(17-2,18-3)19-4/h26-29,31,40-45,47-48,52,56H,16-25,30,32-38H2,1-15H3/b29-28+,31-26+,39-27+/t40-,41?,42+,43?,44-,45-,47+,48-,50?,51+/m0/s1. The lowest BCUT2D eigenvalue weighted by molar-refractivity contribution is -0.151. The summed E-state index contributed by atoms with van der Waals surface area (Å²) in [6, 6.07) is 9.33. The molecule has 0 aromatic rings. The number of hydrogen-bond acceptors (Lipinski definition) is 10. The predicted octanol–water partition coefficient (Wildman–Crippen LogP) is 11.7. The normalized spacial score (nSPS) is 29.0. The van der Waals surface area contributed by atoms with Crippen LogP contribution in [-0.2, 0) is 32.3 Å². The Labute approximate surface area is 400 Å². The summed E-state index contributed by atoms with van der Waals surface area (Å²) in [6.45, 7) is 35.2. The number of piperazine rings is 1. The number of allylic oxidation sites excluding steroid dienone is 2. The Balaban J connectivity index is 2.00. The second-order valence-corrected chi connectivity index (χ2v) is 34.4. The van der Waals surface area contributed by atoms with Crippen LogP contribution in [0.1, 0.15) is 136 Å². The number of carbonyl (C=O) groups excluding carboxylic acids is 2. The first-order valence-corrected chi connectivity index (χ1v) is 33.7. The van der Waals surface area contributed by atoms with Gasteiger partial charge in [-0.3, -0.25) is 4.79 Å². The number of cyclic esters (lactones) is 1. The molecule has 3 rings (SSSR count). The molecule has 2 N–H and O–H groups in total. The number of aliphatic hydroxyl groups is 1. The lowest BCUT2D eigenvalue weighted by atomic mass is 9.88. The average molecular weight is 966 g/mol. The van der Waals surface area contributed by atoms with E-state index in [1.165, 1.54) is 0 Å². The second kappa shape index (κ2) is 26.4. The Hall–Kier alpha value is -1.63. The summed E-state index contributed by atoms with van der Waals surface area (Å²) in [4.78, 5) is 29.2. The molecule has 1 amide bonds. The summed E-state index contributed by atoms with van der Waals surface area (Å²) in [5.74, 6) is -0.334. The van der Waals surface area contributed by atoms with E-state index in [-0.39, 0.29) is 49.0 Å². The third kappa shape index (κ3) is 16.2. The van der Waals surface area contributed by atoms with Gasteiger partial charge in [0.15, 0.2) is 31.1 Å². The molecule has 14 heteroatoms. The number of amides is 1. The van der Waals surface area contributed by atoms with E-state index in [1.807, 2.05) is 19.9 Å². The van der Waals surface area contributed by atoms with Gasteiger partial charge in [-0.05, 0) is 106 Å². The van der Waals surface area contributed by atoms with Crippen LogP contribution in [0.5, 0.6) is 0 Å². The molecule has 0 aromatic carbocycles. The van der Waals surface area contributed by atoms with Crippen molar-refractivity contribution in [3.63, 3.8) is 0 Å². The molecule has 0 bridgehead atoms. The molecule has 0 aliphatic carbocycles. The molecule has 0 spiro atoms. The fraction of sp³-hybridized carbons (Fsp3) is 0.843. The van der Waals surface area contributed by atoms with Crippen molar-refractivity contribution in [1.82, 2.24) is 10.2 Å². The first-order valence-electron chi connectivity index (χ1n) is 26.1. The van der Waals surface area contributed by atoms with Crippen molar-refractivity contribution >= 4 is 37.0 Å². The molecule has 0 aromatic heterocycles. The molecule has 3 unspecified atom stereocenters. The molecule has 10 atom stereocenters. The van der Waals surface area contributed by atoms with Gasteiger partial charge in [0.05, 0.1) is 30.3 Å². The highest BCUT2D eigenvalue weighted by Gasteiger charge is 2.51. The van der Waals surface area contributed by atoms with Crippen molar-refractivity contribution in [2.75, 3.05) is 26.2 Å². The summed E-state index contributed by atoms with van der Waals surface area (Å²) in [6.07, 6.45) is 10.6. The number of hydrogen-bond donors (Lipinski definition) is 2. The zero-order valence-corrected chi connectivity index (χ0v) is 46.9. The van der Waals surface area contributed by atoms with Gasteiger partial charge < -0.3 is 42.8 Å². The van der Waals surface area contributed by atoms with Gasteiger partial charge in [-0.15, -0.1) is 0 Å². The number of rotatable bonds is 24. The van der Waals surface area contributed by atoms with Crippen molar-refractivity contribution in [2.24, 2.45) is 11.8 Å². The summed E-state index contributed by atoms with van der Waals surface area (Å²) in [5.41, 5.74) is -1.09. The Bertz CT molecular complexity index is 1520. The average Bonchev–Trinajstić information content (AvgIpc) is 4.08. The summed E-state index contributed by atoms with van der Waals surface area (Å²) >= 11 is 0. The van der Waals surface area contributed by atoms with Gasteiger partial charge in [-0.2, -0.15) is 0 Å². The summed E-state index contributed by atoms with van der Waals surface area (Å²) < 4.78 is 40.5. The van der Waals surface area contributed by atoms with Crippen LogP contribution in [0.2, 0.25) is 54.4 Å². The number of nitrogens with zero attached hydrogens (tertiary/aromatic N) is 1. The maximum absolute atomic E-state index is 14.0. The fourth-order valence-electron chi connectivity index (χ4n) is 10.3. The maximum Gasteiger partial charge on any atom is 0.410 e. The zero-order chi connectivity index (χ0) is 48.6. The number of esters is 1. The minimum absolute atomic E-state index is 0.0777. The van der Waals surface area contributed by atoms with Crippen LogP contribution in [0.25, 0.3) is 0 Å². The molecule has 0 radical (unpaired) electrons. The van der Waals surface area contributed by atoms with Gasteiger partial charge in [0.25, 0.3) is 0 Å². The van der Waals surface area contributed by atoms with E-state index >= 15 is 0 Å². The smallest absolute Gasteiger partial charge is 0.410 e. The minimum atomic E-state index is -2.14. The van der Waals surface area contributed by atoms with E-state index in [9.17, 15) is 14.7 Å². The summed E-state index contributed by atoms with van der Waals surface area (Å²) in [7, 11) is -5.96. The van der Waals surface area contributed by atoms with Gasteiger partial charge in [0.1, 0.15) is 11.7 Å². The van der Waals surface area contributed by atoms with Gasteiger partial charge >= 0.3 is 12.1 Å². The van der Waals surface area contributed by atoms with E-state index in [0.717, 1.165) is 72.8 Å². The quantitative estimate of drug-likeness (QED) is 0.0317. The van der Waals surface area contributed by atoms with Crippen LogP contribution >= 0.6 is 0 Å². The predicted molar refractivity (Wildman–Crippen MR) is 274 cm³/mol. The highest BCUT2D eigenvalue weighted by molar-refractivity contribution is 6.74. The van der Waals surface area contributed by atoms with Gasteiger partial charge in [0, 0.05) is 50.5 Å². The molecule has 2 saturated heterocycles. The van der Waals surface area contributed by atoms with E-state index in [0.29, 0.717) is 32.6 Å². The van der Waals surface area contributed by atoms with Gasteiger partial charge in [-0.1, -0.05) is 107 Å². The van der Waals surface area contributed by atoms with Crippen molar-refractivity contribution < 1.29 is 42.2 Å². The van der Waals surface area contributed by atoms with Gasteiger partial charge in [-0.25, -0.2) is 4.79 Å². The Morgan fingerprint density at radius 3 is 2.05 bits per heavy atom. The monoisotopic (exact) mass is 965 g/mol. The second-order valence-electron chi connectivity index (χ2n) is 20.2. The van der Waals surface area contributed by atoms with Crippen molar-refractivity contribution in [3.05, 3.63) is 36.0 Å². The third-order valence-electron chi connectivity index (χ3n) is 16.0. The van der Waals surface area contributed by atoms with Gasteiger partial charge in [0.2, 0.25) is 0 Å². The van der Waals surface area contributed by atoms with Crippen molar-refractivity contribution in [2.45, 2.75) is 238 Å². The largest absolute Gasteiger partial charge is 0.457 e. The molecule has 376 valence electrons. The minimum Gasteiger partial charge on any atom is -0.457 e. The molecular weight excluding hydrogens is 869 g/mol. The molecular formula is C51H96N2O9Si3. The highest BCUT2D eigenvalue weighted by atomic mass is 28.4. The van der Waals surface area contributed by atoms with Crippen LogP contribution in [0.15, 0.2) is 36.0 Å². The summed E-state index contributed by atoms with van der Waals surface area (Å²) in [5, 5.41) is 15.4. The molecule has 3 aliphatic rings. The SMILES string of the molecule is CCC(O[Si](CC)(CC)CC)C(C)[C@@H]1O[C@H]1CC(C)(/C=C/C=C(\C)[C@H]1OC(=O)C[C@H](O[Si](CC)(CC)CC)CC[C@@](C)(O)[C@@H](OC(=O)N2CCNCC2)/C=C/[C@@H]1C)O[Si](CC)(CC)CC. The number of carbonyl (C=O) groups is 2. The van der Waals surface area contributed by atoms with Crippen LogP contribution < -0.4 is 5.32 Å². The van der Waals surface area contributed by atoms with Crippen LogP contribution in [0, 0.1) is 11.8 Å². The molecule has 11 nitrogen and oxygen atoms in total. The Morgan fingerprint density at radius 2 is 1.51 bits per heavy atom.